The van der Waals surface area contributed by atoms with Gasteiger partial charge in [0.05, 0.1) is 27.6 Å². The van der Waals surface area contributed by atoms with Gasteiger partial charge in [0.15, 0.2) is 8.07 Å². The minimum atomic E-state index is -3.25. The summed E-state index contributed by atoms with van der Waals surface area (Å²) in [6.45, 7) is 9.76. The van der Waals surface area contributed by atoms with Crippen LogP contribution in [0.2, 0.25) is 0 Å². The zero-order valence-corrected chi connectivity index (χ0v) is 43.9. The Bertz CT molecular complexity index is 4110. The summed E-state index contributed by atoms with van der Waals surface area (Å²) in [7, 11) is -3.25. The molecule has 1 aliphatic carbocycles. The predicted molar refractivity (Wildman–Crippen MR) is 322 cm³/mol. The molecule has 4 heterocycles. The van der Waals surface area contributed by atoms with Crippen molar-refractivity contribution in [3.63, 3.8) is 0 Å². The van der Waals surface area contributed by atoms with E-state index in [4.69, 9.17) is 0 Å². The molecule has 3 nitrogen and oxygen atoms in total. The van der Waals surface area contributed by atoms with E-state index in [1.807, 2.05) is 0 Å². The topological polar surface area (TPSA) is 14.8 Å². The highest BCUT2D eigenvalue weighted by Crippen LogP contribution is 2.49. The van der Waals surface area contributed by atoms with Crippen LogP contribution in [0.15, 0.2) is 243 Å². The molecule has 0 fully saturated rings. The number of rotatable bonds is 6. The molecular formula is C70H56BN3Si. The van der Waals surface area contributed by atoms with Crippen LogP contribution in [-0.4, -0.2) is 28.5 Å². The third kappa shape index (κ3) is 6.28. The normalized spacial score (nSPS) is 15.4. The summed E-state index contributed by atoms with van der Waals surface area (Å²) in [5.41, 5.74) is 16.8. The van der Waals surface area contributed by atoms with Crippen molar-refractivity contribution in [3.8, 4) is 17.1 Å². The van der Waals surface area contributed by atoms with Crippen molar-refractivity contribution in [2.75, 3.05) is 0 Å². The van der Waals surface area contributed by atoms with Gasteiger partial charge in [-0.05, 0) is 134 Å². The predicted octanol–water partition coefficient (Wildman–Crippen LogP) is 12.4. The molecule has 0 amide bonds. The molecular weight excluding hydrogens is 922 g/mol. The lowest BCUT2D eigenvalue weighted by atomic mass is 9.38. The van der Waals surface area contributed by atoms with Gasteiger partial charge in [-0.3, -0.25) is 0 Å². The maximum absolute atomic E-state index is 3.25. The highest BCUT2D eigenvalue weighted by molar-refractivity contribution is 7.26. The minimum absolute atomic E-state index is 0.00396. The van der Waals surface area contributed by atoms with E-state index < -0.39 is 8.07 Å². The molecule has 10 aromatic carbocycles. The van der Waals surface area contributed by atoms with Gasteiger partial charge in [0, 0.05) is 44.0 Å². The van der Waals surface area contributed by atoms with Crippen molar-refractivity contribution >= 4 is 107 Å². The summed E-state index contributed by atoms with van der Waals surface area (Å²) in [6, 6.07) is 92.9. The molecule has 75 heavy (non-hydrogen) atoms. The van der Waals surface area contributed by atoms with Crippen LogP contribution in [0.3, 0.4) is 0 Å². The van der Waals surface area contributed by atoms with E-state index in [1.165, 1.54) is 126 Å². The standard InChI is InChI=1S/C70H56BN3Si/c1-69(2)42-43-70(3,4)68-56-46-67(74(47-22-8-5-9-23-47)64(56)41-38-57(68)69)71-58-39-36-48(72-60-32-18-14-28-52(60)53-29-15-19-33-61(53)72)44-65(58)75(50-24-10-6-11-25-50,51-26-12-7-13-27-51)66-45-49(37-40-59(66)71)73-62-34-20-16-30-54(62)55-31-17-21-35-63(55)73/h5-41,44-46H,42-43H2,1-4H3. The van der Waals surface area contributed by atoms with Crippen LogP contribution >= 0.6 is 0 Å². The molecule has 0 N–H and O–H groups in total. The molecule has 0 bridgehead atoms. The molecule has 13 aromatic rings. The molecule has 0 saturated carbocycles. The first kappa shape index (κ1) is 44.1. The lowest BCUT2D eigenvalue weighted by Crippen LogP contribution is -2.87. The fourth-order valence-corrected chi connectivity index (χ4v) is 19.6. The Hall–Kier alpha value is -8.38. The molecule has 0 unspecified atom stereocenters. The van der Waals surface area contributed by atoms with Crippen LogP contribution in [0.1, 0.15) is 51.7 Å². The van der Waals surface area contributed by atoms with Crippen LogP contribution in [0, 0.1) is 0 Å². The van der Waals surface area contributed by atoms with Crippen LogP contribution in [0.4, 0.5) is 0 Å². The molecule has 0 spiro atoms. The van der Waals surface area contributed by atoms with E-state index >= 15 is 0 Å². The van der Waals surface area contributed by atoms with Gasteiger partial charge in [-0.2, -0.15) is 0 Å². The van der Waals surface area contributed by atoms with E-state index in [1.54, 1.807) is 0 Å². The summed E-state index contributed by atoms with van der Waals surface area (Å²) in [5.74, 6) is 0. The van der Waals surface area contributed by atoms with Gasteiger partial charge < -0.3 is 13.7 Å². The zero-order valence-electron chi connectivity index (χ0n) is 42.9. The summed E-state index contributed by atoms with van der Waals surface area (Å²) in [5, 5.41) is 12.0. The number of hydrogen-bond acceptors (Lipinski definition) is 0. The van der Waals surface area contributed by atoms with Crippen LogP contribution in [0.5, 0.6) is 0 Å². The molecule has 3 aromatic heterocycles. The number of aromatic nitrogens is 3. The Labute approximate surface area is 440 Å². The average molecular weight is 978 g/mol. The second-order valence-corrected chi connectivity index (χ2v) is 26.4. The Morgan fingerprint density at radius 3 is 1.21 bits per heavy atom. The third-order valence-electron chi connectivity index (χ3n) is 17.7. The summed E-state index contributed by atoms with van der Waals surface area (Å²) >= 11 is 0. The number of nitrogens with zero attached hydrogens (tertiary/aromatic N) is 3. The molecule has 15 rings (SSSR count). The minimum Gasteiger partial charge on any atom is -0.322 e. The van der Waals surface area contributed by atoms with E-state index in [9.17, 15) is 0 Å². The number of hydrogen-bond donors (Lipinski definition) is 0. The highest BCUT2D eigenvalue weighted by Gasteiger charge is 2.51. The van der Waals surface area contributed by atoms with Crippen LogP contribution in [0.25, 0.3) is 71.6 Å². The second-order valence-electron chi connectivity index (χ2n) is 22.6. The fourth-order valence-electron chi connectivity index (χ4n) is 14.3. The summed E-state index contributed by atoms with van der Waals surface area (Å²) < 4.78 is 7.68. The largest absolute Gasteiger partial charge is 0.322 e. The monoisotopic (exact) mass is 977 g/mol. The Morgan fingerprint density at radius 2 is 0.747 bits per heavy atom. The van der Waals surface area contributed by atoms with Crippen molar-refractivity contribution in [2.24, 2.45) is 0 Å². The molecule has 1 aliphatic heterocycles. The van der Waals surface area contributed by atoms with Crippen molar-refractivity contribution in [1.82, 2.24) is 13.7 Å². The quantitative estimate of drug-likeness (QED) is 0.148. The lowest BCUT2D eigenvalue weighted by molar-refractivity contribution is 0.334. The second kappa shape index (κ2) is 16.3. The average Bonchev–Trinajstić information content (AvgIpc) is 4.13. The van der Waals surface area contributed by atoms with Crippen molar-refractivity contribution in [2.45, 2.75) is 51.4 Å². The number of para-hydroxylation sites is 5. The van der Waals surface area contributed by atoms with Gasteiger partial charge in [-0.25, -0.2) is 0 Å². The Morgan fingerprint density at radius 1 is 0.347 bits per heavy atom. The maximum Gasteiger partial charge on any atom is 0.262 e. The summed E-state index contributed by atoms with van der Waals surface area (Å²) in [4.78, 5) is 0. The number of benzene rings is 10. The molecule has 0 atom stereocenters. The first-order valence-corrected chi connectivity index (χ1v) is 28.8. The van der Waals surface area contributed by atoms with Gasteiger partial charge in [0.25, 0.3) is 6.71 Å². The van der Waals surface area contributed by atoms with Crippen molar-refractivity contribution in [3.05, 3.63) is 254 Å². The molecule has 0 saturated heterocycles. The van der Waals surface area contributed by atoms with E-state index in [0.29, 0.717) is 0 Å². The molecule has 0 radical (unpaired) electrons. The fraction of sp³-hybridized carbons (Fsp3) is 0.114. The van der Waals surface area contributed by atoms with Gasteiger partial charge >= 0.3 is 0 Å². The first-order chi connectivity index (χ1) is 36.7. The third-order valence-corrected chi connectivity index (χ3v) is 22.6. The van der Waals surface area contributed by atoms with Crippen molar-refractivity contribution in [1.29, 1.82) is 0 Å². The molecule has 358 valence electrons. The number of fused-ring (bicyclic) bond motifs is 11. The van der Waals surface area contributed by atoms with Gasteiger partial charge in [0.1, 0.15) is 0 Å². The molecule has 5 heteroatoms. The highest BCUT2D eigenvalue weighted by atomic mass is 28.3. The Kier molecular flexibility index (Phi) is 9.60. The van der Waals surface area contributed by atoms with Gasteiger partial charge in [0.2, 0.25) is 0 Å². The van der Waals surface area contributed by atoms with Crippen LogP contribution in [-0.2, 0) is 10.8 Å². The first-order valence-electron chi connectivity index (χ1n) is 26.8. The van der Waals surface area contributed by atoms with E-state index in [0.717, 1.165) is 6.42 Å². The zero-order chi connectivity index (χ0) is 50.2. The molecule has 2 aliphatic rings. The maximum atomic E-state index is 2.63. The van der Waals surface area contributed by atoms with Crippen LogP contribution < -0.4 is 37.3 Å². The van der Waals surface area contributed by atoms with E-state index in [-0.39, 0.29) is 17.5 Å². The van der Waals surface area contributed by atoms with E-state index in [2.05, 4.69) is 284 Å². The summed E-state index contributed by atoms with van der Waals surface area (Å²) in [6.07, 6.45) is 2.31. The Balaban J connectivity index is 1.13. The SMILES string of the molecule is CC1(C)CCC(C)(C)c2c1ccc1c2cc(B2c3ccc(-n4c5ccccc5c5ccccc54)cc3[Si](c3ccccc3)(c3ccccc3)c3cc(-n4c5ccccc5c5ccccc54)ccc32)n1-c1ccccc1. The van der Waals surface area contributed by atoms with Gasteiger partial charge in [-0.15, -0.1) is 0 Å². The van der Waals surface area contributed by atoms with Crippen molar-refractivity contribution < 1.29 is 0 Å². The lowest BCUT2D eigenvalue weighted by Gasteiger charge is -2.43. The smallest absolute Gasteiger partial charge is 0.262 e. The van der Waals surface area contributed by atoms with Gasteiger partial charge in [-0.1, -0.05) is 208 Å².